The van der Waals surface area contributed by atoms with E-state index in [-0.39, 0.29) is 12.3 Å². The van der Waals surface area contributed by atoms with Crippen LogP contribution in [0.3, 0.4) is 0 Å². The normalized spacial score (nSPS) is 10.7. The molecule has 3 heterocycles. The van der Waals surface area contributed by atoms with Gasteiger partial charge in [0, 0.05) is 34.3 Å². The summed E-state index contributed by atoms with van der Waals surface area (Å²) in [6.45, 7) is 4.08. The Morgan fingerprint density at radius 1 is 1.17 bits per heavy atom. The van der Waals surface area contributed by atoms with E-state index < -0.39 is 0 Å². The highest BCUT2D eigenvalue weighted by Gasteiger charge is 2.13. The summed E-state index contributed by atoms with van der Waals surface area (Å²) in [5.74, 6) is -0.132. The lowest BCUT2D eigenvalue weighted by molar-refractivity contribution is -0.115. The van der Waals surface area contributed by atoms with Crippen LogP contribution in [0, 0.1) is 25.2 Å². The third-order valence-corrected chi connectivity index (χ3v) is 6.39. The minimum absolute atomic E-state index is 0.132. The van der Waals surface area contributed by atoms with Crippen molar-refractivity contribution in [2.45, 2.75) is 26.7 Å². The number of aromatic nitrogens is 3. The lowest BCUT2D eigenvalue weighted by atomic mass is 10.1. The van der Waals surface area contributed by atoms with Crippen molar-refractivity contribution < 1.29 is 4.79 Å². The molecule has 0 bridgehead atoms. The number of nitrogens with zero attached hydrogens (tertiary/aromatic N) is 4. The van der Waals surface area contributed by atoms with Crippen LogP contribution in [0.15, 0.2) is 48.0 Å². The largest absolute Gasteiger partial charge is 0.302 e. The molecule has 4 aromatic rings. The SMILES string of the molecule is Cc1ccc(C)n1-c1nc(CC(=O)Nc2ncc(Cc3ccc(C#N)cc3)s2)cs1. The molecule has 30 heavy (non-hydrogen) atoms. The van der Waals surface area contributed by atoms with Crippen LogP contribution in [0.25, 0.3) is 5.13 Å². The average Bonchev–Trinajstić information content (AvgIpc) is 3.44. The summed E-state index contributed by atoms with van der Waals surface area (Å²) in [6, 6.07) is 13.7. The molecular weight excluding hydrogens is 414 g/mol. The topological polar surface area (TPSA) is 83.6 Å². The number of rotatable bonds is 6. The second-order valence-corrected chi connectivity index (χ2v) is 8.87. The van der Waals surface area contributed by atoms with Gasteiger partial charge in [0.2, 0.25) is 5.91 Å². The van der Waals surface area contributed by atoms with Gasteiger partial charge in [0.1, 0.15) is 0 Å². The molecule has 0 aliphatic heterocycles. The van der Waals surface area contributed by atoms with Gasteiger partial charge >= 0.3 is 0 Å². The predicted molar refractivity (Wildman–Crippen MR) is 119 cm³/mol. The number of aryl methyl sites for hydroxylation is 2. The van der Waals surface area contributed by atoms with E-state index >= 15 is 0 Å². The molecule has 0 saturated carbocycles. The Labute approximate surface area is 182 Å². The van der Waals surface area contributed by atoms with Gasteiger partial charge in [0.15, 0.2) is 10.3 Å². The van der Waals surface area contributed by atoms with E-state index in [1.165, 1.54) is 22.7 Å². The minimum atomic E-state index is -0.132. The van der Waals surface area contributed by atoms with Gasteiger partial charge in [-0.25, -0.2) is 9.97 Å². The molecule has 3 aromatic heterocycles. The van der Waals surface area contributed by atoms with Crippen molar-refractivity contribution in [1.29, 1.82) is 5.26 Å². The molecule has 0 radical (unpaired) electrons. The molecule has 0 spiro atoms. The number of carbonyl (C=O) groups is 1. The zero-order valence-electron chi connectivity index (χ0n) is 16.5. The van der Waals surface area contributed by atoms with Crippen molar-refractivity contribution in [3.05, 3.63) is 81.1 Å². The van der Waals surface area contributed by atoms with E-state index in [2.05, 4.69) is 38.1 Å². The Morgan fingerprint density at radius 3 is 2.60 bits per heavy atom. The lowest BCUT2D eigenvalue weighted by Crippen LogP contribution is -2.14. The molecule has 1 N–H and O–H groups in total. The minimum Gasteiger partial charge on any atom is -0.302 e. The van der Waals surface area contributed by atoms with Crippen molar-refractivity contribution in [2.24, 2.45) is 0 Å². The molecule has 0 fully saturated rings. The van der Waals surface area contributed by atoms with Crippen LogP contribution in [0.2, 0.25) is 0 Å². The van der Waals surface area contributed by atoms with Crippen molar-refractivity contribution in [3.8, 4) is 11.2 Å². The zero-order valence-corrected chi connectivity index (χ0v) is 18.2. The lowest BCUT2D eigenvalue weighted by Gasteiger charge is -2.04. The van der Waals surface area contributed by atoms with Crippen LogP contribution in [-0.2, 0) is 17.6 Å². The Bertz CT molecular complexity index is 1210. The van der Waals surface area contributed by atoms with E-state index in [0.717, 1.165) is 32.7 Å². The number of anilines is 1. The molecule has 150 valence electrons. The van der Waals surface area contributed by atoms with E-state index in [1.54, 1.807) is 18.3 Å². The van der Waals surface area contributed by atoms with Gasteiger partial charge in [-0.3, -0.25) is 9.36 Å². The third-order valence-electron chi connectivity index (χ3n) is 4.61. The maximum atomic E-state index is 12.4. The summed E-state index contributed by atoms with van der Waals surface area (Å²) in [5, 5.41) is 15.1. The summed E-state index contributed by atoms with van der Waals surface area (Å²) >= 11 is 2.98. The predicted octanol–water partition coefficient (Wildman–Crippen LogP) is 4.65. The number of benzene rings is 1. The number of nitriles is 1. The third kappa shape index (κ3) is 4.48. The number of hydrogen-bond donors (Lipinski definition) is 1. The van der Waals surface area contributed by atoms with Crippen LogP contribution < -0.4 is 5.32 Å². The summed E-state index contributed by atoms with van der Waals surface area (Å²) in [5.41, 5.74) is 4.73. The van der Waals surface area contributed by atoms with E-state index in [4.69, 9.17) is 5.26 Å². The Morgan fingerprint density at radius 2 is 1.90 bits per heavy atom. The monoisotopic (exact) mass is 433 g/mol. The zero-order chi connectivity index (χ0) is 21.1. The molecule has 0 unspecified atom stereocenters. The molecule has 1 amide bonds. The number of thiazole rings is 2. The van der Waals surface area contributed by atoms with E-state index in [0.29, 0.717) is 17.1 Å². The standard InChI is InChI=1S/C22H19N5OS2/c1-14-3-4-15(2)27(14)22-25-18(13-29-22)10-20(28)26-21-24-12-19(30-21)9-16-5-7-17(11-23)8-6-16/h3-8,12-13H,9-10H2,1-2H3,(H,24,26,28). The van der Waals surface area contributed by atoms with Crippen molar-refractivity contribution in [3.63, 3.8) is 0 Å². The van der Waals surface area contributed by atoms with Crippen LogP contribution in [0.1, 0.15) is 33.1 Å². The molecule has 4 rings (SSSR count). The summed E-state index contributed by atoms with van der Waals surface area (Å²) in [4.78, 5) is 22.4. The van der Waals surface area contributed by atoms with Crippen molar-refractivity contribution in [2.75, 3.05) is 5.32 Å². The molecule has 0 saturated heterocycles. The van der Waals surface area contributed by atoms with E-state index in [9.17, 15) is 4.79 Å². The van der Waals surface area contributed by atoms with Gasteiger partial charge in [0.05, 0.1) is 23.7 Å². The van der Waals surface area contributed by atoms with Crippen LogP contribution in [-0.4, -0.2) is 20.4 Å². The maximum absolute atomic E-state index is 12.4. The van der Waals surface area contributed by atoms with Gasteiger partial charge < -0.3 is 5.32 Å². The highest BCUT2D eigenvalue weighted by atomic mass is 32.1. The molecule has 0 atom stereocenters. The van der Waals surface area contributed by atoms with Gasteiger partial charge in [-0.2, -0.15) is 5.26 Å². The Balaban J connectivity index is 1.36. The summed E-state index contributed by atoms with van der Waals surface area (Å²) < 4.78 is 2.09. The van der Waals surface area contributed by atoms with Gasteiger partial charge in [-0.05, 0) is 43.7 Å². The fourth-order valence-corrected chi connectivity index (χ4v) is 4.93. The fraction of sp³-hybridized carbons (Fsp3) is 0.182. The van der Waals surface area contributed by atoms with Crippen molar-refractivity contribution in [1.82, 2.24) is 14.5 Å². The molecule has 0 aliphatic rings. The first-order chi connectivity index (χ1) is 14.5. The smallest absolute Gasteiger partial charge is 0.232 e. The van der Waals surface area contributed by atoms with Crippen LogP contribution in [0.5, 0.6) is 0 Å². The molecule has 0 aliphatic carbocycles. The van der Waals surface area contributed by atoms with Crippen LogP contribution in [0.4, 0.5) is 5.13 Å². The van der Waals surface area contributed by atoms with E-state index in [1.807, 2.05) is 31.4 Å². The molecule has 1 aromatic carbocycles. The molecule has 8 heteroatoms. The molecule has 6 nitrogen and oxygen atoms in total. The quantitative estimate of drug-likeness (QED) is 0.480. The Hall–Kier alpha value is -3.28. The first kappa shape index (κ1) is 20.0. The first-order valence-corrected chi connectivity index (χ1v) is 11.0. The van der Waals surface area contributed by atoms with Crippen LogP contribution >= 0.6 is 22.7 Å². The van der Waals surface area contributed by atoms with Gasteiger partial charge in [-0.15, -0.1) is 22.7 Å². The first-order valence-electron chi connectivity index (χ1n) is 9.35. The average molecular weight is 434 g/mol. The highest BCUT2D eigenvalue weighted by molar-refractivity contribution is 7.15. The fourth-order valence-electron chi connectivity index (χ4n) is 3.12. The molecular formula is C22H19N5OS2. The van der Waals surface area contributed by atoms with Gasteiger partial charge in [0.25, 0.3) is 0 Å². The van der Waals surface area contributed by atoms with Crippen molar-refractivity contribution >= 4 is 33.7 Å². The summed E-state index contributed by atoms with van der Waals surface area (Å²) in [7, 11) is 0. The Kier molecular flexibility index (Phi) is 5.74. The maximum Gasteiger partial charge on any atom is 0.232 e. The van der Waals surface area contributed by atoms with Gasteiger partial charge in [-0.1, -0.05) is 12.1 Å². The highest BCUT2D eigenvalue weighted by Crippen LogP contribution is 2.23. The number of amides is 1. The second kappa shape index (κ2) is 8.61. The second-order valence-electron chi connectivity index (χ2n) is 6.92. The number of carbonyl (C=O) groups excluding carboxylic acids is 1. The summed E-state index contributed by atoms with van der Waals surface area (Å²) in [6.07, 6.45) is 2.70. The number of nitrogens with one attached hydrogen (secondary N) is 1. The number of hydrogen-bond acceptors (Lipinski definition) is 6.